The van der Waals surface area contributed by atoms with Gasteiger partial charge in [0.2, 0.25) is 0 Å². The number of halogens is 1. The van der Waals surface area contributed by atoms with Crippen LogP contribution in [0.1, 0.15) is 17.0 Å². The first kappa shape index (κ1) is 23.0. The first-order valence-corrected chi connectivity index (χ1v) is 11.0. The number of hydrogen-bond donors (Lipinski definition) is 4. The molecule has 2 amide bonds. The predicted molar refractivity (Wildman–Crippen MR) is 138 cm³/mol. The first-order chi connectivity index (χ1) is 16.3. The molecule has 0 unspecified atom stereocenters. The van der Waals surface area contributed by atoms with Crippen molar-refractivity contribution in [2.75, 3.05) is 21.3 Å². The van der Waals surface area contributed by atoms with Crippen LogP contribution in [-0.4, -0.2) is 21.0 Å². The molecule has 8 nitrogen and oxygen atoms in total. The van der Waals surface area contributed by atoms with E-state index in [1.54, 1.807) is 30.5 Å². The fraction of sp³-hybridized carbons (Fsp3) is 0.120. The van der Waals surface area contributed by atoms with E-state index in [0.717, 1.165) is 16.8 Å². The molecule has 0 aliphatic rings. The van der Waals surface area contributed by atoms with Gasteiger partial charge in [0.15, 0.2) is 0 Å². The van der Waals surface area contributed by atoms with Crippen molar-refractivity contribution in [2.24, 2.45) is 0 Å². The number of amides is 2. The van der Waals surface area contributed by atoms with Gasteiger partial charge in [-0.05, 0) is 80.4 Å². The minimum Gasteiger partial charge on any atom is -0.340 e. The van der Waals surface area contributed by atoms with Crippen molar-refractivity contribution < 1.29 is 4.79 Å². The number of anilines is 6. The Balaban J connectivity index is 1.38. The highest BCUT2D eigenvalue weighted by molar-refractivity contribution is 6.31. The molecule has 4 aromatic rings. The molecule has 0 aliphatic carbocycles. The largest absolute Gasteiger partial charge is 0.340 e. The summed E-state index contributed by atoms with van der Waals surface area (Å²) in [6, 6.07) is 18.0. The minimum absolute atomic E-state index is 0.354. The van der Waals surface area contributed by atoms with Crippen LogP contribution in [0.4, 0.5) is 39.3 Å². The van der Waals surface area contributed by atoms with Crippen LogP contribution in [0.25, 0.3) is 0 Å². The predicted octanol–water partition coefficient (Wildman–Crippen LogP) is 6.58. The van der Waals surface area contributed by atoms with Gasteiger partial charge in [0.25, 0.3) is 0 Å². The van der Waals surface area contributed by atoms with Gasteiger partial charge in [-0.2, -0.15) is 0 Å². The molecule has 34 heavy (non-hydrogen) atoms. The summed E-state index contributed by atoms with van der Waals surface area (Å²) in [6.07, 6.45) is 1.75. The Morgan fingerprint density at radius 1 is 0.735 bits per heavy atom. The Hall–Kier alpha value is -4.17. The molecule has 4 rings (SSSR count). The molecule has 4 N–H and O–H groups in total. The monoisotopic (exact) mass is 473 g/mol. The van der Waals surface area contributed by atoms with E-state index in [-0.39, 0.29) is 6.03 Å². The average Bonchev–Trinajstić information content (AvgIpc) is 2.77. The van der Waals surface area contributed by atoms with Crippen molar-refractivity contribution in [1.29, 1.82) is 0 Å². The normalized spacial score (nSPS) is 10.5. The molecule has 0 bridgehead atoms. The maximum absolute atomic E-state index is 12.3. The third kappa shape index (κ3) is 6.20. The number of aryl methyl sites for hydroxylation is 3. The third-order valence-electron chi connectivity index (χ3n) is 4.85. The summed E-state index contributed by atoms with van der Waals surface area (Å²) >= 11 is 6.11. The number of urea groups is 1. The number of hydrogen-bond acceptors (Lipinski definition) is 6. The Labute approximate surface area is 202 Å². The van der Waals surface area contributed by atoms with Crippen LogP contribution >= 0.6 is 11.6 Å². The van der Waals surface area contributed by atoms with E-state index in [1.165, 1.54) is 0 Å². The molecule has 0 spiro atoms. The molecular formula is C25H24ClN7O. The number of carbonyl (C=O) groups excluding carboxylic acids is 1. The third-order valence-corrected chi connectivity index (χ3v) is 5.26. The van der Waals surface area contributed by atoms with Gasteiger partial charge in [0.05, 0.1) is 0 Å². The minimum atomic E-state index is -0.354. The molecule has 0 saturated carbocycles. The fourth-order valence-corrected chi connectivity index (χ4v) is 3.36. The smallest absolute Gasteiger partial charge is 0.323 e. The van der Waals surface area contributed by atoms with E-state index in [2.05, 4.69) is 36.2 Å². The van der Waals surface area contributed by atoms with Crippen LogP contribution in [0.5, 0.6) is 0 Å². The van der Waals surface area contributed by atoms with Gasteiger partial charge in [0.1, 0.15) is 23.3 Å². The Kier molecular flexibility index (Phi) is 6.89. The molecule has 2 aromatic carbocycles. The van der Waals surface area contributed by atoms with Crippen LogP contribution < -0.4 is 21.3 Å². The topological polar surface area (TPSA) is 104 Å². The number of benzene rings is 2. The maximum atomic E-state index is 12.3. The summed E-state index contributed by atoms with van der Waals surface area (Å²) in [7, 11) is 0. The average molecular weight is 474 g/mol. The lowest BCUT2D eigenvalue weighted by atomic mass is 10.2. The van der Waals surface area contributed by atoms with E-state index < -0.39 is 0 Å². The van der Waals surface area contributed by atoms with Crippen LogP contribution in [0.15, 0.2) is 66.9 Å². The number of nitrogens with one attached hydrogen (secondary N) is 4. The molecule has 0 fully saturated rings. The van der Waals surface area contributed by atoms with Crippen LogP contribution in [-0.2, 0) is 0 Å². The first-order valence-electron chi connectivity index (χ1n) is 10.6. The highest BCUT2D eigenvalue weighted by atomic mass is 35.5. The van der Waals surface area contributed by atoms with Gasteiger partial charge in [-0.15, -0.1) is 0 Å². The molecular weight excluding hydrogens is 450 g/mol. The van der Waals surface area contributed by atoms with Gasteiger partial charge in [0, 0.05) is 34.3 Å². The van der Waals surface area contributed by atoms with Crippen molar-refractivity contribution >= 4 is 52.1 Å². The molecule has 0 radical (unpaired) electrons. The second-order valence-corrected chi connectivity index (χ2v) is 8.18. The zero-order valence-corrected chi connectivity index (χ0v) is 19.7. The second-order valence-electron chi connectivity index (χ2n) is 7.77. The zero-order valence-electron chi connectivity index (χ0n) is 19.0. The van der Waals surface area contributed by atoms with Crippen molar-refractivity contribution in [2.45, 2.75) is 20.8 Å². The number of nitrogens with zero attached hydrogens (tertiary/aromatic N) is 3. The van der Waals surface area contributed by atoms with E-state index in [1.807, 2.05) is 57.2 Å². The summed E-state index contributed by atoms with van der Waals surface area (Å²) in [6.45, 7) is 5.74. The van der Waals surface area contributed by atoms with Gasteiger partial charge in [-0.3, -0.25) is 0 Å². The van der Waals surface area contributed by atoms with Gasteiger partial charge >= 0.3 is 6.03 Å². The summed E-state index contributed by atoms with van der Waals surface area (Å²) < 4.78 is 0. The number of pyridine rings is 1. The lowest BCUT2D eigenvalue weighted by molar-refractivity contribution is 0.262. The SMILES string of the molecule is Cc1ccnc(Nc2cc(Nc3ccc(NC(=O)Nc4ccc(C)c(Cl)c4)cc3)nc(C)n2)c1. The van der Waals surface area contributed by atoms with Crippen LogP contribution in [0, 0.1) is 20.8 Å². The fourth-order valence-electron chi connectivity index (χ4n) is 3.18. The molecule has 0 atom stereocenters. The zero-order chi connectivity index (χ0) is 24.1. The van der Waals surface area contributed by atoms with Gasteiger partial charge < -0.3 is 21.3 Å². The number of aromatic nitrogens is 3. The van der Waals surface area contributed by atoms with Crippen LogP contribution in [0.2, 0.25) is 5.02 Å². The van der Waals surface area contributed by atoms with E-state index in [4.69, 9.17) is 11.6 Å². The molecule has 2 heterocycles. The number of carbonyl (C=O) groups is 1. The maximum Gasteiger partial charge on any atom is 0.323 e. The summed E-state index contributed by atoms with van der Waals surface area (Å²) in [5, 5.41) is 12.6. The quantitative estimate of drug-likeness (QED) is 0.252. The Morgan fingerprint density at radius 2 is 1.38 bits per heavy atom. The van der Waals surface area contributed by atoms with Crippen molar-refractivity contribution in [3.8, 4) is 0 Å². The molecule has 9 heteroatoms. The molecule has 0 aliphatic heterocycles. The Morgan fingerprint density at radius 3 is 2.09 bits per heavy atom. The van der Waals surface area contributed by atoms with Gasteiger partial charge in [-0.25, -0.2) is 19.7 Å². The summed E-state index contributed by atoms with van der Waals surface area (Å²) in [5.74, 6) is 2.61. The molecule has 172 valence electrons. The van der Waals surface area contributed by atoms with Crippen molar-refractivity contribution in [3.63, 3.8) is 0 Å². The van der Waals surface area contributed by atoms with E-state index >= 15 is 0 Å². The summed E-state index contributed by atoms with van der Waals surface area (Å²) in [5.41, 5.74) is 4.13. The second kappa shape index (κ2) is 10.2. The van der Waals surface area contributed by atoms with Crippen LogP contribution in [0.3, 0.4) is 0 Å². The lowest BCUT2D eigenvalue weighted by Crippen LogP contribution is -2.19. The molecule has 2 aromatic heterocycles. The number of rotatable bonds is 6. The van der Waals surface area contributed by atoms with E-state index in [9.17, 15) is 4.79 Å². The van der Waals surface area contributed by atoms with E-state index in [0.29, 0.717) is 39.7 Å². The summed E-state index contributed by atoms with van der Waals surface area (Å²) in [4.78, 5) is 25.5. The standard InChI is InChI=1S/C25H24ClN7O/c1-15-10-11-27-22(12-15)33-24-14-23(28-17(3)29-24)30-18-6-8-19(9-7-18)31-25(34)32-20-5-4-16(2)21(26)13-20/h4-14H,1-3H3,(H2,31,32,34)(H2,27,28,29,30,33). The van der Waals surface area contributed by atoms with Crippen molar-refractivity contribution in [3.05, 3.63) is 88.8 Å². The molecule has 0 saturated heterocycles. The van der Waals surface area contributed by atoms with Crippen molar-refractivity contribution in [1.82, 2.24) is 15.0 Å². The highest BCUT2D eigenvalue weighted by Gasteiger charge is 2.07. The van der Waals surface area contributed by atoms with Gasteiger partial charge in [-0.1, -0.05) is 17.7 Å². The lowest BCUT2D eigenvalue weighted by Gasteiger charge is -2.11. The highest BCUT2D eigenvalue weighted by Crippen LogP contribution is 2.22. The Bertz CT molecular complexity index is 1330.